The second kappa shape index (κ2) is 43.6. The molecule has 0 aromatic carbocycles. The Kier molecular flexibility index (Phi) is 39.1. The summed E-state index contributed by atoms with van der Waals surface area (Å²) in [6.45, 7) is 2.06. The number of aliphatic hydroxyl groups is 11. The van der Waals surface area contributed by atoms with Gasteiger partial charge in [-0.15, -0.1) is 0 Å². The molecule has 23 heteroatoms. The van der Waals surface area contributed by atoms with Crippen molar-refractivity contribution in [2.24, 2.45) is 0 Å². The van der Waals surface area contributed by atoms with E-state index >= 15 is 0 Å². The molecular weight excluding hydrogens is 1110 g/mol. The standard InChI is InChI=1S/C62H110N2O21/c1-4-6-8-10-12-14-16-18-19-20-21-22-23-24-26-28-30-32-34-36-49(72)64-43(44(69)35-33-31-29-27-25-17-15-13-11-9-7-5-2)41-80-59-54(76)53(75)56(48(40-67)82-59)83-60-55(77)58(52(74)47(39-66)81-60)85-62(61(78)79)37-45(70)50(63-42(3)68)57(84-62)51(73)46(71)38-65/h12,14,16,18,33,35,43-48,50-60,65-67,69-71,73-77H,4-11,13,15,17,19-32,34,36-41H2,1-3H3,(H,63,68)(H,64,72)(H,78,79)/b14-12-,18-16-,35-33+. The first kappa shape index (κ1) is 76.2. The third kappa shape index (κ3) is 27.3. The first-order chi connectivity index (χ1) is 40.9. The van der Waals surface area contributed by atoms with E-state index in [0.717, 1.165) is 64.7 Å². The molecule has 23 nitrogen and oxygen atoms in total. The normalized spacial score (nSPS) is 29.8. The molecule has 3 aliphatic heterocycles. The van der Waals surface area contributed by atoms with E-state index < -0.39 is 155 Å². The number of carboxylic acid groups (broad SMARTS) is 1. The van der Waals surface area contributed by atoms with Crippen LogP contribution in [-0.2, 0) is 42.8 Å². The summed E-state index contributed by atoms with van der Waals surface area (Å²) < 4.78 is 34.7. The molecule has 3 saturated heterocycles. The molecular formula is C62H110N2O21. The Balaban J connectivity index is 1.63. The lowest BCUT2D eigenvalue weighted by atomic mass is 9.88. The molecule has 0 bridgehead atoms. The summed E-state index contributed by atoms with van der Waals surface area (Å²) in [5.41, 5.74) is 0. The van der Waals surface area contributed by atoms with Gasteiger partial charge in [-0.05, 0) is 44.9 Å². The van der Waals surface area contributed by atoms with E-state index in [1.165, 1.54) is 96.3 Å². The van der Waals surface area contributed by atoms with E-state index in [-0.39, 0.29) is 12.3 Å². The zero-order chi connectivity index (χ0) is 62.6. The Hall–Kier alpha value is -3.05. The van der Waals surface area contributed by atoms with Gasteiger partial charge in [0.2, 0.25) is 11.8 Å². The zero-order valence-electron chi connectivity index (χ0n) is 50.9. The number of nitrogens with one attached hydrogen (secondary N) is 2. The Morgan fingerprint density at radius 1 is 0.624 bits per heavy atom. The highest BCUT2D eigenvalue weighted by Crippen LogP contribution is 2.38. The van der Waals surface area contributed by atoms with Crippen LogP contribution in [-0.4, -0.2) is 215 Å². The maximum atomic E-state index is 13.4. The Labute approximate surface area is 504 Å². The van der Waals surface area contributed by atoms with Crippen molar-refractivity contribution in [3.8, 4) is 0 Å². The third-order valence-corrected chi connectivity index (χ3v) is 16.1. The smallest absolute Gasteiger partial charge is 0.364 e. The average molecular weight is 1220 g/mol. The third-order valence-electron chi connectivity index (χ3n) is 16.1. The molecule has 3 fully saturated rings. The number of aliphatic hydroxyl groups excluding tert-OH is 11. The molecule has 18 atom stereocenters. The molecule has 494 valence electrons. The van der Waals surface area contributed by atoms with E-state index in [9.17, 15) is 75.7 Å². The van der Waals surface area contributed by atoms with Crippen molar-refractivity contribution in [3.05, 3.63) is 36.5 Å². The fraction of sp³-hybridized carbons (Fsp3) is 0.855. The minimum atomic E-state index is -3.08. The van der Waals surface area contributed by atoms with E-state index in [1.54, 1.807) is 6.08 Å². The molecule has 0 saturated carbocycles. The first-order valence-corrected chi connectivity index (χ1v) is 31.9. The number of carbonyl (C=O) groups is 3. The van der Waals surface area contributed by atoms with Crippen molar-refractivity contribution in [2.75, 3.05) is 26.4 Å². The van der Waals surface area contributed by atoms with E-state index in [0.29, 0.717) is 12.8 Å². The SMILES string of the molecule is CCCCC/C=C\C=C/CCCCCCCCCCCCC(=O)NC(COC1OC(CO)C(OC2OC(CO)C(O)C(OC3(C(=O)O)CC(O)C(NC(C)=O)C(C(O)C(O)CO)O3)C2O)C(O)C1O)C(O)/C=C/CCCCCCCCCCCC. The van der Waals surface area contributed by atoms with Crippen LogP contribution >= 0.6 is 0 Å². The summed E-state index contributed by atoms with van der Waals surface area (Å²) in [6.07, 6.45) is 12.0. The van der Waals surface area contributed by atoms with Crippen molar-refractivity contribution in [2.45, 2.75) is 310 Å². The molecule has 3 rings (SSSR count). The number of rotatable bonds is 46. The van der Waals surface area contributed by atoms with Gasteiger partial charge in [0.15, 0.2) is 12.6 Å². The van der Waals surface area contributed by atoms with E-state index in [1.807, 2.05) is 6.08 Å². The molecule has 14 N–H and O–H groups in total. The van der Waals surface area contributed by atoms with Crippen molar-refractivity contribution >= 4 is 17.8 Å². The summed E-state index contributed by atoms with van der Waals surface area (Å²) in [4.78, 5) is 38.4. The monoisotopic (exact) mass is 1220 g/mol. The van der Waals surface area contributed by atoms with Gasteiger partial charge in [-0.1, -0.05) is 172 Å². The number of hydrogen-bond acceptors (Lipinski definition) is 20. The largest absolute Gasteiger partial charge is 0.477 e. The highest BCUT2D eigenvalue weighted by molar-refractivity contribution is 5.77. The number of allylic oxidation sites excluding steroid dienone is 5. The van der Waals surface area contributed by atoms with Crippen LogP contribution in [0.2, 0.25) is 0 Å². The predicted octanol–water partition coefficient (Wildman–Crippen LogP) is 3.89. The minimum Gasteiger partial charge on any atom is -0.477 e. The highest BCUT2D eigenvalue weighted by atomic mass is 16.8. The van der Waals surface area contributed by atoms with Gasteiger partial charge in [-0.25, -0.2) is 4.79 Å². The van der Waals surface area contributed by atoms with Gasteiger partial charge in [0.1, 0.15) is 67.1 Å². The van der Waals surface area contributed by atoms with Crippen LogP contribution < -0.4 is 10.6 Å². The Bertz CT molecular complexity index is 1880. The molecule has 0 radical (unpaired) electrons. The Morgan fingerprint density at radius 3 is 1.66 bits per heavy atom. The quantitative estimate of drug-likeness (QED) is 0.0233. The van der Waals surface area contributed by atoms with Crippen LogP contribution in [0.15, 0.2) is 36.5 Å². The molecule has 85 heavy (non-hydrogen) atoms. The van der Waals surface area contributed by atoms with Gasteiger partial charge in [-0.3, -0.25) is 9.59 Å². The molecule has 3 aliphatic rings. The first-order valence-electron chi connectivity index (χ1n) is 31.9. The number of amides is 2. The minimum absolute atomic E-state index is 0.195. The fourth-order valence-electron chi connectivity index (χ4n) is 10.9. The number of ether oxygens (including phenoxy) is 6. The van der Waals surface area contributed by atoms with Gasteiger partial charge in [-0.2, -0.15) is 0 Å². The number of unbranched alkanes of at least 4 members (excludes halogenated alkanes) is 23. The van der Waals surface area contributed by atoms with E-state index in [2.05, 4.69) is 48.8 Å². The predicted molar refractivity (Wildman–Crippen MR) is 315 cm³/mol. The van der Waals surface area contributed by atoms with Gasteiger partial charge in [0.25, 0.3) is 5.79 Å². The second-order valence-corrected chi connectivity index (χ2v) is 23.3. The topological polar surface area (TPSA) is 373 Å². The van der Waals surface area contributed by atoms with Crippen molar-refractivity contribution in [3.63, 3.8) is 0 Å². The maximum absolute atomic E-state index is 13.4. The Morgan fingerprint density at radius 2 is 1.13 bits per heavy atom. The van der Waals surface area contributed by atoms with Gasteiger partial charge < -0.3 is 100 Å². The summed E-state index contributed by atoms with van der Waals surface area (Å²) in [5, 5.41) is 136. The zero-order valence-corrected chi connectivity index (χ0v) is 50.9. The van der Waals surface area contributed by atoms with E-state index in [4.69, 9.17) is 28.4 Å². The average Bonchev–Trinajstić information content (AvgIpc) is 1.25. The number of hydrogen-bond donors (Lipinski definition) is 14. The molecule has 2 amide bonds. The molecule has 0 aromatic heterocycles. The van der Waals surface area contributed by atoms with Crippen LogP contribution in [0.25, 0.3) is 0 Å². The fourth-order valence-corrected chi connectivity index (χ4v) is 10.9. The van der Waals surface area contributed by atoms with Gasteiger partial charge in [0, 0.05) is 19.8 Å². The summed E-state index contributed by atoms with van der Waals surface area (Å²) in [7, 11) is 0. The maximum Gasteiger partial charge on any atom is 0.364 e. The highest BCUT2D eigenvalue weighted by Gasteiger charge is 2.60. The van der Waals surface area contributed by atoms with Crippen molar-refractivity contribution in [1.29, 1.82) is 0 Å². The molecule has 3 heterocycles. The lowest BCUT2D eigenvalue weighted by Gasteiger charge is -2.50. The molecule has 0 aliphatic carbocycles. The van der Waals surface area contributed by atoms with Crippen LogP contribution in [0.5, 0.6) is 0 Å². The van der Waals surface area contributed by atoms with Gasteiger partial charge >= 0.3 is 5.97 Å². The van der Waals surface area contributed by atoms with Crippen LogP contribution in [0.4, 0.5) is 0 Å². The summed E-state index contributed by atoms with van der Waals surface area (Å²) in [5.74, 6) is -6.15. The van der Waals surface area contributed by atoms with Crippen LogP contribution in [0.3, 0.4) is 0 Å². The van der Waals surface area contributed by atoms with Crippen molar-refractivity contribution in [1.82, 2.24) is 10.6 Å². The number of carboxylic acids is 1. The van der Waals surface area contributed by atoms with Crippen molar-refractivity contribution < 1.29 is 104 Å². The molecule has 0 aromatic rings. The number of carbonyl (C=O) groups excluding carboxylic acids is 2. The van der Waals surface area contributed by atoms with Gasteiger partial charge in [0.05, 0.1) is 50.7 Å². The number of aliphatic carboxylic acids is 1. The summed E-state index contributed by atoms with van der Waals surface area (Å²) in [6, 6.07) is -2.62. The lowest BCUT2D eigenvalue weighted by Crippen LogP contribution is -2.70. The second-order valence-electron chi connectivity index (χ2n) is 23.3. The van der Waals surface area contributed by atoms with Crippen LogP contribution in [0.1, 0.15) is 201 Å². The molecule has 18 unspecified atom stereocenters. The van der Waals surface area contributed by atoms with Crippen LogP contribution in [0, 0.1) is 0 Å². The lowest BCUT2D eigenvalue weighted by molar-refractivity contribution is -0.386. The molecule has 0 spiro atoms. The summed E-state index contributed by atoms with van der Waals surface area (Å²) >= 11 is 0.